The Bertz CT molecular complexity index is 712. The average molecular weight is 289 g/mol. The molecule has 3 aromatic rings. The fraction of sp³-hybridized carbons (Fsp3) is 0.200. The normalized spacial score (nSPS) is 10.8. The summed E-state index contributed by atoms with van der Waals surface area (Å²) in [6.45, 7) is 0.258. The highest BCUT2D eigenvalue weighted by Crippen LogP contribution is 2.21. The molecule has 0 aliphatic heterocycles. The molecular formula is C15H13ClN2O2. The van der Waals surface area contributed by atoms with Gasteiger partial charge in [-0.15, -0.1) is 21.8 Å². The lowest BCUT2D eigenvalue weighted by molar-refractivity contribution is 0.259. The van der Waals surface area contributed by atoms with Crippen LogP contribution in [0.25, 0.3) is 10.8 Å². The van der Waals surface area contributed by atoms with Crippen molar-refractivity contribution in [2.75, 3.05) is 5.88 Å². The molecule has 0 bridgehead atoms. The summed E-state index contributed by atoms with van der Waals surface area (Å²) in [5, 5.41) is 10.1. The van der Waals surface area contributed by atoms with Crippen molar-refractivity contribution in [1.29, 1.82) is 0 Å². The summed E-state index contributed by atoms with van der Waals surface area (Å²) in [7, 11) is 0. The van der Waals surface area contributed by atoms with Crippen molar-refractivity contribution in [2.45, 2.75) is 13.0 Å². The quantitative estimate of drug-likeness (QED) is 0.673. The zero-order valence-corrected chi connectivity index (χ0v) is 11.5. The number of hydrogen-bond donors (Lipinski definition) is 0. The Labute approximate surface area is 121 Å². The minimum absolute atomic E-state index is 0.258. The largest absolute Gasteiger partial charge is 0.484 e. The van der Waals surface area contributed by atoms with E-state index in [1.54, 1.807) is 0 Å². The average Bonchev–Trinajstić information content (AvgIpc) is 2.93. The SMILES string of the molecule is ClCCc1nnc(COc2ccc3ccccc3c2)o1. The van der Waals surface area contributed by atoms with Gasteiger partial charge in [0, 0.05) is 12.3 Å². The van der Waals surface area contributed by atoms with Crippen molar-refractivity contribution in [3.8, 4) is 5.75 Å². The van der Waals surface area contributed by atoms with Gasteiger partial charge in [-0.3, -0.25) is 0 Å². The highest BCUT2D eigenvalue weighted by molar-refractivity contribution is 6.17. The van der Waals surface area contributed by atoms with E-state index in [2.05, 4.69) is 16.3 Å². The maximum Gasteiger partial charge on any atom is 0.253 e. The molecule has 0 spiro atoms. The Hall–Kier alpha value is -2.07. The van der Waals surface area contributed by atoms with Crippen molar-refractivity contribution >= 4 is 22.4 Å². The van der Waals surface area contributed by atoms with Crippen LogP contribution in [-0.4, -0.2) is 16.1 Å². The Morgan fingerprint density at radius 3 is 2.65 bits per heavy atom. The molecule has 0 saturated heterocycles. The highest BCUT2D eigenvalue weighted by atomic mass is 35.5. The van der Waals surface area contributed by atoms with Gasteiger partial charge in [0.25, 0.3) is 5.89 Å². The summed E-state index contributed by atoms with van der Waals surface area (Å²) >= 11 is 5.61. The molecule has 0 fully saturated rings. The molecule has 0 atom stereocenters. The van der Waals surface area contributed by atoms with Crippen LogP contribution >= 0.6 is 11.6 Å². The monoisotopic (exact) mass is 288 g/mol. The molecule has 3 rings (SSSR count). The first-order valence-corrected chi connectivity index (χ1v) is 6.87. The Balaban J connectivity index is 1.69. The second-order valence-electron chi connectivity index (χ2n) is 4.33. The van der Waals surface area contributed by atoms with Crippen LogP contribution in [0.1, 0.15) is 11.8 Å². The van der Waals surface area contributed by atoms with E-state index < -0.39 is 0 Å². The van der Waals surface area contributed by atoms with Crippen molar-refractivity contribution in [3.05, 3.63) is 54.2 Å². The highest BCUT2D eigenvalue weighted by Gasteiger charge is 2.06. The summed E-state index contributed by atoms with van der Waals surface area (Å²) < 4.78 is 11.1. The number of rotatable bonds is 5. The van der Waals surface area contributed by atoms with Crippen molar-refractivity contribution in [3.63, 3.8) is 0 Å². The van der Waals surface area contributed by atoms with Crippen LogP contribution in [-0.2, 0) is 13.0 Å². The number of aryl methyl sites for hydroxylation is 1. The summed E-state index contributed by atoms with van der Waals surface area (Å²) in [4.78, 5) is 0. The topological polar surface area (TPSA) is 48.2 Å². The van der Waals surface area contributed by atoms with Gasteiger partial charge in [-0.1, -0.05) is 30.3 Å². The minimum Gasteiger partial charge on any atom is -0.484 e. The molecule has 1 aromatic heterocycles. The number of alkyl halides is 1. The van der Waals surface area contributed by atoms with E-state index >= 15 is 0 Å². The van der Waals surface area contributed by atoms with E-state index in [-0.39, 0.29) is 6.61 Å². The Morgan fingerprint density at radius 1 is 1.00 bits per heavy atom. The lowest BCUT2D eigenvalue weighted by Crippen LogP contribution is -1.95. The molecule has 1 heterocycles. The summed E-state index contributed by atoms with van der Waals surface area (Å²) in [5.41, 5.74) is 0. The molecule has 0 N–H and O–H groups in total. The number of benzene rings is 2. The molecule has 5 heteroatoms. The van der Waals surface area contributed by atoms with Gasteiger partial charge in [0.1, 0.15) is 5.75 Å². The molecule has 0 unspecified atom stereocenters. The van der Waals surface area contributed by atoms with Crippen LogP contribution in [0, 0.1) is 0 Å². The van der Waals surface area contributed by atoms with Gasteiger partial charge in [-0.25, -0.2) is 0 Å². The molecule has 0 aliphatic rings. The Morgan fingerprint density at radius 2 is 1.80 bits per heavy atom. The molecule has 0 amide bonds. The van der Waals surface area contributed by atoms with Crippen molar-refractivity contribution in [2.24, 2.45) is 0 Å². The zero-order valence-electron chi connectivity index (χ0n) is 10.8. The molecule has 0 aliphatic carbocycles. The second-order valence-corrected chi connectivity index (χ2v) is 4.70. The summed E-state index contributed by atoms with van der Waals surface area (Å²) in [6.07, 6.45) is 0.574. The molecule has 20 heavy (non-hydrogen) atoms. The number of nitrogens with zero attached hydrogens (tertiary/aromatic N) is 2. The van der Waals surface area contributed by atoms with Crippen molar-refractivity contribution < 1.29 is 9.15 Å². The summed E-state index contributed by atoms with van der Waals surface area (Å²) in [6, 6.07) is 14.1. The van der Waals surface area contributed by atoms with Crippen LogP contribution < -0.4 is 4.74 Å². The molecule has 0 radical (unpaired) electrons. The van der Waals surface area contributed by atoms with E-state index in [4.69, 9.17) is 20.8 Å². The van der Waals surface area contributed by atoms with Crippen LogP contribution in [0.3, 0.4) is 0 Å². The standard InChI is InChI=1S/C15H13ClN2O2/c16-8-7-14-17-18-15(20-14)10-19-13-6-5-11-3-1-2-4-12(11)9-13/h1-6,9H,7-8,10H2. The third kappa shape index (κ3) is 2.91. The third-order valence-corrected chi connectivity index (χ3v) is 3.09. The minimum atomic E-state index is 0.258. The smallest absolute Gasteiger partial charge is 0.253 e. The maximum atomic E-state index is 5.66. The zero-order chi connectivity index (χ0) is 13.8. The Kier molecular flexibility index (Phi) is 3.83. The number of hydrogen-bond acceptors (Lipinski definition) is 4. The van der Waals surface area contributed by atoms with Crippen LogP contribution in [0.2, 0.25) is 0 Å². The lowest BCUT2D eigenvalue weighted by atomic mass is 10.1. The number of ether oxygens (including phenoxy) is 1. The van der Waals surface area contributed by atoms with Gasteiger partial charge in [-0.05, 0) is 22.9 Å². The van der Waals surface area contributed by atoms with Gasteiger partial charge in [0.05, 0.1) is 0 Å². The van der Waals surface area contributed by atoms with Gasteiger partial charge >= 0.3 is 0 Å². The third-order valence-electron chi connectivity index (χ3n) is 2.90. The van der Waals surface area contributed by atoms with E-state index in [1.165, 1.54) is 5.39 Å². The first kappa shape index (κ1) is 12.9. The van der Waals surface area contributed by atoms with E-state index in [0.717, 1.165) is 11.1 Å². The van der Waals surface area contributed by atoms with Gasteiger partial charge < -0.3 is 9.15 Å². The second kappa shape index (κ2) is 5.92. The van der Waals surface area contributed by atoms with Gasteiger partial charge in [-0.2, -0.15) is 0 Å². The maximum absolute atomic E-state index is 5.66. The van der Waals surface area contributed by atoms with E-state index in [0.29, 0.717) is 24.1 Å². The van der Waals surface area contributed by atoms with Crippen LogP contribution in [0.15, 0.2) is 46.9 Å². The number of fused-ring (bicyclic) bond motifs is 1. The van der Waals surface area contributed by atoms with E-state index in [1.807, 2.05) is 36.4 Å². The lowest BCUT2D eigenvalue weighted by Gasteiger charge is -2.04. The summed E-state index contributed by atoms with van der Waals surface area (Å²) in [5.74, 6) is 2.24. The number of aromatic nitrogens is 2. The predicted octanol–water partition coefficient (Wildman–Crippen LogP) is 3.58. The fourth-order valence-electron chi connectivity index (χ4n) is 1.93. The molecular weight excluding hydrogens is 276 g/mol. The van der Waals surface area contributed by atoms with Gasteiger partial charge in [0.15, 0.2) is 6.61 Å². The number of halogens is 1. The molecule has 0 saturated carbocycles. The first-order chi connectivity index (χ1) is 9.85. The van der Waals surface area contributed by atoms with Crippen LogP contribution in [0.5, 0.6) is 5.75 Å². The van der Waals surface area contributed by atoms with Crippen LogP contribution in [0.4, 0.5) is 0 Å². The van der Waals surface area contributed by atoms with E-state index in [9.17, 15) is 0 Å². The predicted molar refractivity (Wildman–Crippen MR) is 77.0 cm³/mol. The molecule has 2 aromatic carbocycles. The molecule has 4 nitrogen and oxygen atoms in total. The van der Waals surface area contributed by atoms with Gasteiger partial charge in [0.2, 0.25) is 5.89 Å². The fourth-order valence-corrected chi connectivity index (χ4v) is 2.09. The van der Waals surface area contributed by atoms with Crippen molar-refractivity contribution in [1.82, 2.24) is 10.2 Å². The molecule has 102 valence electrons. The first-order valence-electron chi connectivity index (χ1n) is 6.34.